The monoisotopic (exact) mass is 293 g/mol. The molecule has 0 unspecified atom stereocenters. The van der Waals surface area contributed by atoms with Gasteiger partial charge in [-0.1, -0.05) is 25.4 Å². The highest BCUT2D eigenvalue weighted by atomic mass is 35.5. The van der Waals surface area contributed by atoms with Crippen LogP contribution >= 0.6 is 11.6 Å². The Kier molecular flexibility index (Phi) is 3.92. The fraction of sp³-hybridized carbons (Fsp3) is 0.571. The van der Waals surface area contributed by atoms with Gasteiger partial charge in [-0.3, -0.25) is 9.30 Å². The van der Waals surface area contributed by atoms with E-state index in [9.17, 15) is 0 Å². The van der Waals surface area contributed by atoms with Crippen molar-refractivity contribution >= 4 is 17.2 Å². The normalized spacial score (nSPS) is 17.2. The molecule has 5 nitrogen and oxygen atoms in total. The van der Waals surface area contributed by atoms with Crippen LogP contribution in [0.2, 0.25) is 5.15 Å². The number of hydrogen-bond donors (Lipinski definition) is 1. The van der Waals surface area contributed by atoms with E-state index < -0.39 is 0 Å². The summed E-state index contributed by atoms with van der Waals surface area (Å²) in [4.78, 5) is 2.43. The Morgan fingerprint density at radius 2 is 2.00 bits per heavy atom. The van der Waals surface area contributed by atoms with Crippen LogP contribution in [0.3, 0.4) is 0 Å². The molecule has 0 spiro atoms. The molecule has 3 rings (SSSR count). The zero-order valence-corrected chi connectivity index (χ0v) is 12.7. The quantitative estimate of drug-likeness (QED) is 0.878. The van der Waals surface area contributed by atoms with Crippen molar-refractivity contribution in [2.24, 2.45) is 0 Å². The van der Waals surface area contributed by atoms with E-state index in [1.54, 1.807) is 0 Å². The zero-order valence-electron chi connectivity index (χ0n) is 11.9. The Hall–Kier alpha value is -1.17. The molecule has 3 heterocycles. The second-order valence-corrected chi connectivity index (χ2v) is 6.01. The predicted molar refractivity (Wildman–Crippen MR) is 80.2 cm³/mol. The van der Waals surface area contributed by atoms with E-state index in [2.05, 4.69) is 40.3 Å². The SMILES string of the molecule is CC(C)c1nnc2cc(CN3CCNCC3)cc(Cl)n12. The Morgan fingerprint density at radius 3 is 2.70 bits per heavy atom. The van der Waals surface area contributed by atoms with Crippen molar-refractivity contribution in [1.82, 2.24) is 24.8 Å². The van der Waals surface area contributed by atoms with Crippen LogP contribution in [-0.4, -0.2) is 45.7 Å². The highest BCUT2D eigenvalue weighted by Crippen LogP contribution is 2.22. The number of fused-ring (bicyclic) bond motifs is 1. The van der Waals surface area contributed by atoms with Crippen molar-refractivity contribution in [3.05, 3.63) is 28.7 Å². The molecule has 108 valence electrons. The Bertz CT molecular complexity index is 601. The van der Waals surface area contributed by atoms with Crippen LogP contribution in [0.5, 0.6) is 0 Å². The first-order valence-electron chi connectivity index (χ1n) is 7.11. The molecule has 0 aliphatic carbocycles. The molecule has 1 N–H and O–H groups in total. The molecule has 0 radical (unpaired) electrons. The number of halogens is 1. The molecule has 1 aliphatic rings. The average molecular weight is 294 g/mol. The molecule has 1 saturated heterocycles. The van der Waals surface area contributed by atoms with E-state index in [1.165, 1.54) is 5.56 Å². The van der Waals surface area contributed by atoms with Crippen LogP contribution in [0.15, 0.2) is 12.1 Å². The summed E-state index contributed by atoms with van der Waals surface area (Å²) in [5, 5.41) is 12.6. The molecule has 1 aliphatic heterocycles. The first kappa shape index (κ1) is 13.8. The van der Waals surface area contributed by atoms with Crippen molar-refractivity contribution < 1.29 is 0 Å². The number of hydrogen-bond acceptors (Lipinski definition) is 4. The summed E-state index contributed by atoms with van der Waals surface area (Å²) in [5.41, 5.74) is 2.04. The first-order valence-corrected chi connectivity index (χ1v) is 7.49. The van der Waals surface area contributed by atoms with Gasteiger partial charge >= 0.3 is 0 Å². The smallest absolute Gasteiger partial charge is 0.162 e. The number of nitrogens with one attached hydrogen (secondary N) is 1. The van der Waals surface area contributed by atoms with Crippen molar-refractivity contribution in [1.29, 1.82) is 0 Å². The second-order valence-electron chi connectivity index (χ2n) is 5.62. The highest BCUT2D eigenvalue weighted by Gasteiger charge is 2.15. The van der Waals surface area contributed by atoms with Crippen molar-refractivity contribution in [3.8, 4) is 0 Å². The maximum absolute atomic E-state index is 6.42. The summed E-state index contributed by atoms with van der Waals surface area (Å²) in [6, 6.07) is 4.12. The van der Waals surface area contributed by atoms with Gasteiger partial charge < -0.3 is 5.32 Å². The number of aromatic nitrogens is 3. The van der Waals surface area contributed by atoms with Crippen molar-refractivity contribution in [2.45, 2.75) is 26.3 Å². The third kappa shape index (κ3) is 2.66. The van der Waals surface area contributed by atoms with Gasteiger partial charge in [-0.05, 0) is 17.7 Å². The predicted octanol–water partition coefficient (Wildman–Crippen LogP) is 1.91. The van der Waals surface area contributed by atoms with Crippen LogP contribution in [0.1, 0.15) is 31.2 Å². The Labute approximate surface area is 123 Å². The van der Waals surface area contributed by atoms with Gasteiger partial charge in [0.15, 0.2) is 5.65 Å². The van der Waals surface area contributed by atoms with Gasteiger partial charge in [-0.15, -0.1) is 10.2 Å². The van der Waals surface area contributed by atoms with Crippen LogP contribution in [0, 0.1) is 0 Å². The number of nitrogens with zero attached hydrogens (tertiary/aromatic N) is 4. The zero-order chi connectivity index (χ0) is 14.1. The van der Waals surface area contributed by atoms with E-state index in [4.69, 9.17) is 11.6 Å². The van der Waals surface area contributed by atoms with E-state index in [-0.39, 0.29) is 0 Å². The highest BCUT2D eigenvalue weighted by molar-refractivity contribution is 6.29. The lowest BCUT2D eigenvalue weighted by atomic mass is 10.2. The molecular formula is C14H20ClN5. The molecular weight excluding hydrogens is 274 g/mol. The fourth-order valence-electron chi connectivity index (χ4n) is 2.64. The average Bonchev–Trinajstić information content (AvgIpc) is 2.84. The molecule has 20 heavy (non-hydrogen) atoms. The van der Waals surface area contributed by atoms with E-state index in [0.29, 0.717) is 11.1 Å². The van der Waals surface area contributed by atoms with Gasteiger partial charge in [0.05, 0.1) is 0 Å². The molecule has 0 atom stereocenters. The molecule has 0 amide bonds. The molecule has 0 bridgehead atoms. The minimum Gasteiger partial charge on any atom is -0.314 e. The van der Waals surface area contributed by atoms with Crippen molar-refractivity contribution in [2.75, 3.05) is 26.2 Å². The van der Waals surface area contributed by atoms with Crippen LogP contribution in [-0.2, 0) is 6.54 Å². The lowest BCUT2D eigenvalue weighted by Gasteiger charge is -2.27. The van der Waals surface area contributed by atoms with Gasteiger partial charge in [-0.25, -0.2) is 0 Å². The van der Waals surface area contributed by atoms with Gasteiger partial charge in [-0.2, -0.15) is 0 Å². The topological polar surface area (TPSA) is 45.5 Å². The summed E-state index contributed by atoms with van der Waals surface area (Å²) in [6.07, 6.45) is 0. The Balaban J connectivity index is 1.90. The number of piperazine rings is 1. The first-order chi connectivity index (χ1) is 9.65. The lowest BCUT2D eigenvalue weighted by Crippen LogP contribution is -2.42. The maximum Gasteiger partial charge on any atom is 0.162 e. The minimum atomic E-state index is 0.307. The van der Waals surface area contributed by atoms with Crippen LogP contribution < -0.4 is 5.32 Å². The van der Waals surface area contributed by atoms with Gasteiger partial charge in [0.25, 0.3) is 0 Å². The summed E-state index contributed by atoms with van der Waals surface area (Å²) in [7, 11) is 0. The molecule has 6 heteroatoms. The summed E-state index contributed by atoms with van der Waals surface area (Å²) in [6.45, 7) is 9.38. The summed E-state index contributed by atoms with van der Waals surface area (Å²) in [5.74, 6) is 1.22. The minimum absolute atomic E-state index is 0.307. The van der Waals surface area contributed by atoms with E-state index in [0.717, 1.165) is 44.2 Å². The maximum atomic E-state index is 6.42. The van der Waals surface area contributed by atoms with Gasteiger partial charge in [0, 0.05) is 38.6 Å². The summed E-state index contributed by atoms with van der Waals surface area (Å²) < 4.78 is 1.94. The van der Waals surface area contributed by atoms with Crippen molar-refractivity contribution in [3.63, 3.8) is 0 Å². The standard InChI is InChI=1S/C14H20ClN5/c1-10(2)14-18-17-13-8-11(7-12(15)20(13)14)9-19-5-3-16-4-6-19/h7-8,10,16H,3-6,9H2,1-2H3. The number of pyridine rings is 1. The van der Waals surface area contributed by atoms with Crippen LogP contribution in [0.4, 0.5) is 0 Å². The molecule has 2 aromatic rings. The molecule has 1 fully saturated rings. The third-order valence-corrected chi connectivity index (χ3v) is 3.96. The Morgan fingerprint density at radius 1 is 1.25 bits per heavy atom. The largest absolute Gasteiger partial charge is 0.314 e. The lowest BCUT2D eigenvalue weighted by molar-refractivity contribution is 0.233. The van der Waals surface area contributed by atoms with Gasteiger partial charge in [0.1, 0.15) is 11.0 Å². The van der Waals surface area contributed by atoms with E-state index in [1.807, 2.05) is 10.5 Å². The van der Waals surface area contributed by atoms with Crippen LogP contribution in [0.25, 0.3) is 5.65 Å². The molecule has 0 saturated carbocycles. The fourth-order valence-corrected chi connectivity index (χ4v) is 2.95. The molecule has 2 aromatic heterocycles. The second kappa shape index (κ2) is 5.68. The number of rotatable bonds is 3. The van der Waals surface area contributed by atoms with E-state index >= 15 is 0 Å². The summed E-state index contributed by atoms with van der Waals surface area (Å²) >= 11 is 6.42. The molecule has 0 aromatic carbocycles. The van der Waals surface area contributed by atoms with Gasteiger partial charge in [0.2, 0.25) is 0 Å². The third-order valence-electron chi connectivity index (χ3n) is 3.68.